The van der Waals surface area contributed by atoms with E-state index < -0.39 is 5.82 Å². The number of nitrogens with zero attached hydrogens (tertiary/aromatic N) is 2. The fraction of sp³-hybridized carbons (Fsp3) is 0.333. The summed E-state index contributed by atoms with van der Waals surface area (Å²) >= 11 is 1.45. The van der Waals surface area contributed by atoms with Crippen LogP contribution in [-0.2, 0) is 5.75 Å². The van der Waals surface area contributed by atoms with E-state index in [0.29, 0.717) is 17.6 Å². The van der Waals surface area contributed by atoms with Gasteiger partial charge in [-0.1, -0.05) is 5.16 Å². The summed E-state index contributed by atoms with van der Waals surface area (Å²) in [5, 5.41) is 3.93. The molecule has 1 saturated carbocycles. The average Bonchev–Trinajstić information content (AvgIpc) is 3.11. The molecule has 2 N–H and O–H groups in total. The summed E-state index contributed by atoms with van der Waals surface area (Å²) in [4.78, 5) is 5.11. The molecule has 6 heteroatoms. The second kappa shape index (κ2) is 4.61. The summed E-state index contributed by atoms with van der Waals surface area (Å²) in [5.41, 5.74) is 5.57. The Kier molecular flexibility index (Phi) is 2.95. The Labute approximate surface area is 108 Å². The molecule has 18 heavy (non-hydrogen) atoms. The molecule has 0 bridgehead atoms. The van der Waals surface area contributed by atoms with E-state index in [1.807, 2.05) is 0 Å². The molecule has 0 spiro atoms. The molecule has 1 fully saturated rings. The second-order valence-electron chi connectivity index (χ2n) is 4.29. The van der Waals surface area contributed by atoms with Gasteiger partial charge in [0.1, 0.15) is 5.82 Å². The van der Waals surface area contributed by atoms with Crippen LogP contribution < -0.4 is 5.73 Å². The van der Waals surface area contributed by atoms with Crippen molar-refractivity contribution in [2.24, 2.45) is 0 Å². The maximum Gasteiger partial charge on any atom is 0.237 e. The van der Waals surface area contributed by atoms with E-state index >= 15 is 0 Å². The first kappa shape index (κ1) is 11.5. The lowest BCUT2D eigenvalue weighted by Crippen LogP contribution is -1.90. The van der Waals surface area contributed by atoms with Crippen LogP contribution in [0.4, 0.5) is 10.1 Å². The fourth-order valence-electron chi connectivity index (χ4n) is 1.58. The average molecular weight is 265 g/mol. The number of halogens is 1. The Morgan fingerprint density at radius 1 is 1.44 bits per heavy atom. The second-order valence-corrected chi connectivity index (χ2v) is 5.34. The van der Waals surface area contributed by atoms with Crippen molar-refractivity contribution in [1.29, 1.82) is 0 Å². The van der Waals surface area contributed by atoms with Crippen LogP contribution in [0.5, 0.6) is 0 Å². The van der Waals surface area contributed by atoms with E-state index in [1.165, 1.54) is 17.8 Å². The third-order valence-corrected chi connectivity index (χ3v) is 3.74. The van der Waals surface area contributed by atoms with E-state index in [2.05, 4.69) is 10.1 Å². The lowest BCUT2D eigenvalue weighted by molar-refractivity contribution is 0.385. The summed E-state index contributed by atoms with van der Waals surface area (Å²) in [5.74, 6) is 2.02. The smallest absolute Gasteiger partial charge is 0.237 e. The zero-order valence-corrected chi connectivity index (χ0v) is 10.4. The van der Waals surface area contributed by atoms with Crippen LogP contribution in [0, 0.1) is 5.82 Å². The lowest BCUT2D eigenvalue weighted by atomic mass is 10.3. The zero-order chi connectivity index (χ0) is 12.5. The number of aromatic nitrogens is 2. The molecule has 1 aromatic carbocycles. The molecule has 0 atom stereocenters. The summed E-state index contributed by atoms with van der Waals surface area (Å²) < 4.78 is 18.4. The monoisotopic (exact) mass is 265 g/mol. The fourth-order valence-corrected chi connectivity index (χ4v) is 2.34. The van der Waals surface area contributed by atoms with Gasteiger partial charge in [-0.3, -0.25) is 0 Å². The molecule has 0 unspecified atom stereocenters. The Hall–Kier alpha value is -1.56. The molecule has 0 radical (unpaired) electrons. The van der Waals surface area contributed by atoms with E-state index in [9.17, 15) is 4.39 Å². The first-order chi connectivity index (χ1) is 8.72. The van der Waals surface area contributed by atoms with Crippen molar-refractivity contribution in [2.75, 3.05) is 5.73 Å². The van der Waals surface area contributed by atoms with Crippen LogP contribution >= 0.6 is 11.8 Å². The van der Waals surface area contributed by atoms with Gasteiger partial charge in [-0.05, 0) is 31.0 Å². The maximum atomic E-state index is 13.2. The van der Waals surface area contributed by atoms with Crippen LogP contribution in [-0.4, -0.2) is 10.1 Å². The van der Waals surface area contributed by atoms with Gasteiger partial charge in [-0.2, -0.15) is 4.98 Å². The van der Waals surface area contributed by atoms with E-state index in [0.717, 1.165) is 23.6 Å². The summed E-state index contributed by atoms with van der Waals surface area (Å²) in [6.07, 6.45) is 2.30. The number of anilines is 1. The largest absolute Gasteiger partial charge is 0.396 e. The molecule has 0 aliphatic heterocycles. The Morgan fingerprint density at radius 2 is 2.28 bits per heavy atom. The van der Waals surface area contributed by atoms with Crippen molar-refractivity contribution >= 4 is 17.4 Å². The predicted octanol–water partition coefficient (Wildman–Crippen LogP) is 2.96. The van der Waals surface area contributed by atoms with Crippen LogP contribution in [0.15, 0.2) is 27.6 Å². The SMILES string of the molecule is Nc1ccc(SCc2nc(C3CC3)no2)cc1F. The van der Waals surface area contributed by atoms with Crippen molar-refractivity contribution in [3.63, 3.8) is 0 Å². The molecule has 2 aromatic rings. The summed E-state index contributed by atoms with van der Waals surface area (Å²) in [6.45, 7) is 0. The number of hydrogen-bond donors (Lipinski definition) is 1. The highest BCUT2D eigenvalue weighted by Crippen LogP contribution is 2.38. The van der Waals surface area contributed by atoms with Gasteiger partial charge in [0.05, 0.1) is 11.4 Å². The highest BCUT2D eigenvalue weighted by atomic mass is 32.2. The van der Waals surface area contributed by atoms with Crippen LogP contribution in [0.3, 0.4) is 0 Å². The highest BCUT2D eigenvalue weighted by Gasteiger charge is 2.28. The Balaban J connectivity index is 1.63. The van der Waals surface area contributed by atoms with Gasteiger partial charge in [0.15, 0.2) is 5.82 Å². The molecule has 0 amide bonds. The topological polar surface area (TPSA) is 64.9 Å². The first-order valence-electron chi connectivity index (χ1n) is 5.72. The van der Waals surface area contributed by atoms with E-state index in [1.54, 1.807) is 12.1 Å². The molecule has 1 aliphatic carbocycles. The molecule has 1 aromatic heterocycles. The van der Waals surface area contributed by atoms with Gasteiger partial charge < -0.3 is 10.3 Å². The number of benzene rings is 1. The highest BCUT2D eigenvalue weighted by molar-refractivity contribution is 7.98. The van der Waals surface area contributed by atoms with Gasteiger partial charge in [0.2, 0.25) is 5.89 Å². The minimum Gasteiger partial charge on any atom is -0.396 e. The lowest BCUT2D eigenvalue weighted by Gasteiger charge is -2.00. The molecule has 1 aliphatic rings. The predicted molar refractivity (Wildman–Crippen MR) is 66.6 cm³/mol. The minimum absolute atomic E-state index is 0.160. The zero-order valence-electron chi connectivity index (χ0n) is 9.60. The van der Waals surface area contributed by atoms with Gasteiger partial charge in [-0.15, -0.1) is 11.8 Å². The third kappa shape index (κ3) is 2.48. The quantitative estimate of drug-likeness (QED) is 0.680. The molecular weight excluding hydrogens is 253 g/mol. The first-order valence-corrected chi connectivity index (χ1v) is 6.71. The Morgan fingerprint density at radius 3 is 3.00 bits per heavy atom. The van der Waals surface area contributed by atoms with Crippen LogP contribution in [0.2, 0.25) is 0 Å². The van der Waals surface area contributed by atoms with Gasteiger partial charge in [0.25, 0.3) is 0 Å². The van der Waals surface area contributed by atoms with Gasteiger partial charge >= 0.3 is 0 Å². The standard InChI is InChI=1S/C12H12FN3OS/c13-9-5-8(3-4-10(9)14)18-6-11-15-12(16-17-11)7-1-2-7/h3-5,7H,1-2,6,14H2. The molecule has 3 rings (SSSR count). The van der Waals surface area contributed by atoms with Gasteiger partial charge in [-0.25, -0.2) is 4.39 Å². The van der Waals surface area contributed by atoms with E-state index in [4.69, 9.17) is 10.3 Å². The number of rotatable bonds is 4. The molecule has 4 nitrogen and oxygen atoms in total. The molecule has 0 saturated heterocycles. The minimum atomic E-state index is -0.399. The van der Waals surface area contributed by atoms with Crippen LogP contribution in [0.1, 0.15) is 30.5 Å². The van der Waals surface area contributed by atoms with Crippen molar-refractivity contribution in [2.45, 2.75) is 29.4 Å². The Bertz CT molecular complexity index is 568. The number of thioether (sulfide) groups is 1. The van der Waals surface area contributed by atoms with E-state index in [-0.39, 0.29) is 5.69 Å². The number of hydrogen-bond acceptors (Lipinski definition) is 5. The summed E-state index contributed by atoms with van der Waals surface area (Å²) in [6, 6.07) is 4.75. The van der Waals surface area contributed by atoms with Gasteiger partial charge in [0, 0.05) is 10.8 Å². The number of nitrogen functional groups attached to an aromatic ring is 1. The van der Waals surface area contributed by atoms with Crippen molar-refractivity contribution in [3.8, 4) is 0 Å². The molecule has 1 heterocycles. The van der Waals surface area contributed by atoms with Crippen LogP contribution in [0.25, 0.3) is 0 Å². The summed E-state index contributed by atoms with van der Waals surface area (Å²) in [7, 11) is 0. The normalized spacial score (nSPS) is 14.9. The van der Waals surface area contributed by atoms with Crippen molar-refractivity contribution in [1.82, 2.24) is 10.1 Å². The maximum absolute atomic E-state index is 13.2. The molecule has 94 valence electrons. The number of nitrogens with two attached hydrogens (primary N) is 1. The van der Waals surface area contributed by atoms with Crippen molar-refractivity contribution < 1.29 is 8.91 Å². The van der Waals surface area contributed by atoms with Crippen molar-refractivity contribution in [3.05, 3.63) is 35.7 Å². The molecular formula is C12H12FN3OS. The third-order valence-electron chi connectivity index (χ3n) is 2.76.